The fraction of sp³-hybridized carbons (Fsp3) is 0.500. The number of imidazole rings is 1. The van der Waals surface area contributed by atoms with Crippen molar-refractivity contribution in [1.29, 1.82) is 0 Å². The maximum atomic E-state index is 13.2. The summed E-state index contributed by atoms with van der Waals surface area (Å²) in [4.78, 5) is 27.6. The normalized spacial score (nSPS) is 21.1. The topological polar surface area (TPSA) is 65.1 Å². The molecule has 1 saturated carbocycles. The molecule has 1 aromatic carbocycles. The number of aromatic nitrogens is 4. The van der Waals surface area contributed by atoms with Crippen molar-refractivity contribution in [2.24, 2.45) is 23.9 Å². The second-order valence-electron chi connectivity index (χ2n) is 10.5. The van der Waals surface area contributed by atoms with Gasteiger partial charge in [-0.25, -0.2) is 14.8 Å². The van der Waals surface area contributed by atoms with E-state index < -0.39 is 0 Å². The Morgan fingerprint density at radius 2 is 1.82 bits per heavy atom. The fourth-order valence-electron chi connectivity index (χ4n) is 5.81. The maximum Gasteiger partial charge on any atom is 0.330 e. The van der Waals surface area contributed by atoms with Gasteiger partial charge < -0.3 is 0 Å². The van der Waals surface area contributed by atoms with Crippen molar-refractivity contribution < 1.29 is 0 Å². The molecule has 0 radical (unpaired) electrons. The van der Waals surface area contributed by atoms with E-state index in [1.54, 1.807) is 10.8 Å². The first-order valence-electron chi connectivity index (χ1n) is 12.6. The molecule has 6 nitrogen and oxygen atoms in total. The van der Waals surface area contributed by atoms with Gasteiger partial charge in [-0.05, 0) is 62.5 Å². The molecule has 6 heteroatoms. The van der Waals surface area contributed by atoms with Crippen LogP contribution in [0.5, 0.6) is 0 Å². The van der Waals surface area contributed by atoms with Crippen molar-refractivity contribution in [3.63, 3.8) is 0 Å². The SMILES string of the molecule is CC1=NC(C2CCC(Cn3c(=O)n(C)c4cnc(-c5ccccc5C(C)C)nc43)CC2)=C(C)C1. The quantitative estimate of drug-likeness (QED) is 0.482. The third-order valence-corrected chi connectivity index (χ3v) is 7.65. The summed E-state index contributed by atoms with van der Waals surface area (Å²) in [5, 5.41) is 0. The van der Waals surface area contributed by atoms with Crippen LogP contribution in [0.2, 0.25) is 0 Å². The zero-order valence-electron chi connectivity index (χ0n) is 21.0. The lowest BCUT2D eigenvalue weighted by atomic mass is 9.79. The Bertz CT molecular complexity index is 1350. The van der Waals surface area contributed by atoms with Crippen molar-refractivity contribution >= 4 is 16.9 Å². The van der Waals surface area contributed by atoms with Crippen LogP contribution in [0, 0.1) is 11.8 Å². The molecule has 2 aliphatic rings. The Morgan fingerprint density at radius 3 is 2.50 bits per heavy atom. The molecule has 0 amide bonds. The van der Waals surface area contributed by atoms with Gasteiger partial charge >= 0.3 is 5.69 Å². The van der Waals surface area contributed by atoms with Crippen LogP contribution in [-0.4, -0.2) is 24.8 Å². The number of aliphatic imine (C=N–C) groups is 1. The summed E-state index contributed by atoms with van der Waals surface area (Å²) < 4.78 is 3.56. The van der Waals surface area contributed by atoms with E-state index in [0.29, 0.717) is 30.1 Å². The van der Waals surface area contributed by atoms with E-state index in [4.69, 9.17) is 9.98 Å². The molecular formula is C28H35N5O. The van der Waals surface area contributed by atoms with Gasteiger partial charge in [0.2, 0.25) is 0 Å². The van der Waals surface area contributed by atoms with Crippen molar-refractivity contribution in [3.05, 3.63) is 57.8 Å². The molecule has 1 aliphatic heterocycles. The van der Waals surface area contributed by atoms with Gasteiger partial charge in [0.1, 0.15) is 5.52 Å². The van der Waals surface area contributed by atoms with E-state index in [0.717, 1.165) is 48.8 Å². The standard InChI is InChI=1S/C28H35N5O/c1-17(2)22-8-6-7-9-23(22)26-29-15-24-27(31-26)33(28(34)32(24)5)16-20-10-12-21(13-11-20)25-18(3)14-19(4)30-25/h6-9,15,17,20-21H,10-14,16H2,1-5H3. The summed E-state index contributed by atoms with van der Waals surface area (Å²) in [6.45, 7) is 9.44. The highest BCUT2D eigenvalue weighted by atomic mass is 16.1. The molecule has 1 fully saturated rings. The first kappa shape index (κ1) is 22.8. The average Bonchev–Trinajstić information content (AvgIpc) is 3.30. The summed E-state index contributed by atoms with van der Waals surface area (Å²) in [7, 11) is 1.82. The zero-order valence-corrected chi connectivity index (χ0v) is 21.0. The minimum atomic E-state index is -0.00436. The van der Waals surface area contributed by atoms with Crippen molar-refractivity contribution in [1.82, 2.24) is 19.1 Å². The maximum absolute atomic E-state index is 13.2. The first-order valence-corrected chi connectivity index (χ1v) is 12.6. The van der Waals surface area contributed by atoms with Crippen LogP contribution in [0.3, 0.4) is 0 Å². The van der Waals surface area contributed by atoms with Crippen LogP contribution in [0.4, 0.5) is 0 Å². The van der Waals surface area contributed by atoms with E-state index in [-0.39, 0.29) is 5.69 Å². The number of rotatable bonds is 5. The predicted octanol–water partition coefficient (Wildman–Crippen LogP) is 5.87. The van der Waals surface area contributed by atoms with E-state index in [9.17, 15) is 4.79 Å². The van der Waals surface area contributed by atoms with Gasteiger partial charge in [0.25, 0.3) is 0 Å². The number of hydrogen-bond donors (Lipinski definition) is 0. The third-order valence-electron chi connectivity index (χ3n) is 7.65. The van der Waals surface area contributed by atoms with E-state index in [1.165, 1.54) is 22.5 Å². The monoisotopic (exact) mass is 457 g/mol. The molecule has 5 rings (SSSR count). The summed E-state index contributed by atoms with van der Waals surface area (Å²) >= 11 is 0. The molecule has 178 valence electrons. The van der Waals surface area contributed by atoms with Gasteiger partial charge in [0.05, 0.1) is 6.20 Å². The summed E-state index contributed by atoms with van der Waals surface area (Å²) in [6.07, 6.45) is 7.37. The zero-order chi connectivity index (χ0) is 24.0. The molecule has 3 heterocycles. The number of fused-ring (bicyclic) bond motifs is 1. The van der Waals surface area contributed by atoms with E-state index in [2.05, 4.69) is 50.9 Å². The lowest BCUT2D eigenvalue weighted by molar-refractivity contribution is 0.272. The van der Waals surface area contributed by atoms with Crippen LogP contribution >= 0.6 is 0 Å². The third kappa shape index (κ3) is 4.04. The average molecular weight is 458 g/mol. The Balaban J connectivity index is 1.42. The largest absolute Gasteiger partial charge is 0.330 e. The Labute approximate surface area is 201 Å². The van der Waals surface area contributed by atoms with Gasteiger partial charge in [-0.2, -0.15) is 0 Å². The highest BCUT2D eigenvalue weighted by molar-refractivity contribution is 5.87. The smallest absolute Gasteiger partial charge is 0.292 e. The van der Waals surface area contributed by atoms with Crippen LogP contribution < -0.4 is 5.69 Å². The van der Waals surface area contributed by atoms with E-state index in [1.807, 2.05) is 17.7 Å². The summed E-state index contributed by atoms with van der Waals surface area (Å²) in [6, 6.07) is 8.30. The number of nitrogens with zero attached hydrogens (tertiary/aromatic N) is 5. The minimum absolute atomic E-state index is 0.00436. The fourth-order valence-corrected chi connectivity index (χ4v) is 5.81. The van der Waals surface area contributed by atoms with E-state index >= 15 is 0 Å². The Morgan fingerprint density at radius 1 is 1.09 bits per heavy atom. The van der Waals surface area contributed by atoms with Crippen LogP contribution in [0.15, 0.2) is 51.5 Å². The number of hydrogen-bond acceptors (Lipinski definition) is 4. The molecule has 0 unspecified atom stereocenters. The summed E-state index contributed by atoms with van der Waals surface area (Å²) in [5.74, 6) is 2.11. The molecule has 0 atom stereocenters. The molecule has 0 saturated heterocycles. The van der Waals surface area contributed by atoms with Gasteiger partial charge in [-0.15, -0.1) is 0 Å². The molecule has 0 bridgehead atoms. The van der Waals surface area contributed by atoms with Crippen molar-refractivity contribution in [2.45, 2.75) is 72.3 Å². The van der Waals surface area contributed by atoms with Gasteiger partial charge in [-0.3, -0.25) is 14.1 Å². The predicted molar refractivity (Wildman–Crippen MR) is 138 cm³/mol. The molecular weight excluding hydrogens is 422 g/mol. The highest BCUT2D eigenvalue weighted by Gasteiger charge is 2.28. The first-order chi connectivity index (χ1) is 16.3. The lowest BCUT2D eigenvalue weighted by Crippen LogP contribution is -2.27. The molecule has 3 aromatic rings. The van der Waals surface area contributed by atoms with Crippen molar-refractivity contribution in [2.75, 3.05) is 0 Å². The number of allylic oxidation sites excluding steroid dienone is 2. The molecule has 1 aliphatic carbocycles. The highest BCUT2D eigenvalue weighted by Crippen LogP contribution is 2.38. The number of aryl methyl sites for hydroxylation is 1. The van der Waals surface area contributed by atoms with Gasteiger partial charge in [0, 0.05) is 42.9 Å². The molecule has 34 heavy (non-hydrogen) atoms. The molecule has 0 spiro atoms. The van der Waals surface area contributed by atoms with Gasteiger partial charge in [0.15, 0.2) is 11.5 Å². The second kappa shape index (κ2) is 8.97. The van der Waals surface area contributed by atoms with Crippen LogP contribution in [0.25, 0.3) is 22.6 Å². The second-order valence-corrected chi connectivity index (χ2v) is 10.5. The van der Waals surface area contributed by atoms with Crippen LogP contribution in [-0.2, 0) is 13.6 Å². The summed E-state index contributed by atoms with van der Waals surface area (Å²) in [5.41, 5.74) is 7.81. The van der Waals surface area contributed by atoms with Crippen molar-refractivity contribution in [3.8, 4) is 11.4 Å². The van der Waals surface area contributed by atoms with Crippen LogP contribution in [0.1, 0.15) is 71.3 Å². The van der Waals surface area contributed by atoms with Gasteiger partial charge in [-0.1, -0.05) is 38.1 Å². The molecule has 0 N–H and O–H groups in total. The Hall–Kier alpha value is -3.02. The Kier molecular flexibility index (Phi) is 6.00. The minimum Gasteiger partial charge on any atom is -0.292 e. The number of benzene rings is 1. The lowest BCUT2D eigenvalue weighted by Gasteiger charge is -2.29. The molecule has 2 aromatic heterocycles.